The van der Waals surface area contributed by atoms with Gasteiger partial charge in [0.05, 0.1) is 11.5 Å². The molecule has 0 amide bonds. The van der Waals surface area contributed by atoms with Crippen LogP contribution in [-0.2, 0) is 16.6 Å². The number of nitrogens with zero attached hydrogens (tertiary/aromatic N) is 1. The molecule has 5 nitrogen and oxygen atoms in total. The van der Waals surface area contributed by atoms with Gasteiger partial charge in [-0.3, -0.25) is 4.90 Å². The van der Waals surface area contributed by atoms with Gasteiger partial charge in [0, 0.05) is 19.1 Å². The topological polar surface area (TPSA) is 69.6 Å². The van der Waals surface area contributed by atoms with E-state index in [1.54, 1.807) is 19.1 Å². The van der Waals surface area contributed by atoms with Gasteiger partial charge >= 0.3 is 0 Å². The molecule has 1 aliphatic rings. The molecule has 0 bridgehead atoms. The molecule has 118 valence electrons. The van der Waals surface area contributed by atoms with Crippen LogP contribution in [0.5, 0.6) is 0 Å². The Balaban J connectivity index is 2.00. The number of sulfonamides is 1. The molecule has 1 fully saturated rings. The van der Waals surface area contributed by atoms with Crippen molar-refractivity contribution in [1.82, 2.24) is 9.62 Å². The number of hydrogen-bond acceptors (Lipinski definition) is 4. The lowest BCUT2D eigenvalue weighted by atomic mass is 10.2. The van der Waals surface area contributed by atoms with Crippen LogP contribution in [0.1, 0.15) is 30.9 Å². The largest absolute Gasteiger partial charge is 0.392 e. The Kier molecular flexibility index (Phi) is 5.37. The van der Waals surface area contributed by atoms with Gasteiger partial charge < -0.3 is 5.11 Å². The molecule has 0 unspecified atom stereocenters. The second kappa shape index (κ2) is 6.87. The van der Waals surface area contributed by atoms with E-state index >= 15 is 0 Å². The Morgan fingerprint density at radius 1 is 1.38 bits per heavy atom. The number of aryl methyl sites for hydroxylation is 1. The van der Waals surface area contributed by atoms with E-state index in [2.05, 4.69) is 16.5 Å². The highest BCUT2D eigenvalue weighted by molar-refractivity contribution is 7.89. The quantitative estimate of drug-likeness (QED) is 0.758. The maximum Gasteiger partial charge on any atom is 0.240 e. The molecule has 2 rings (SSSR count). The zero-order valence-corrected chi connectivity index (χ0v) is 13.5. The highest BCUT2D eigenvalue weighted by Crippen LogP contribution is 2.26. The van der Waals surface area contributed by atoms with Crippen molar-refractivity contribution in [3.63, 3.8) is 0 Å². The average molecular weight is 312 g/mol. The minimum atomic E-state index is -3.52. The van der Waals surface area contributed by atoms with E-state index in [0.717, 1.165) is 13.1 Å². The van der Waals surface area contributed by atoms with Crippen LogP contribution in [0.15, 0.2) is 23.1 Å². The third-order valence-electron chi connectivity index (χ3n) is 3.89. The smallest absolute Gasteiger partial charge is 0.240 e. The predicted octanol–water partition coefficient (Wildman–Crippen LogP) is 1.25. The molecule has 0 radical (unpaired) electrons. The number of rotatable bonds is 8. The van der Waals surface area contributed by atoms with Crippen molar-refractivity contribution in [2.45, 2.75) is 44.2 Å². The summed E-state index contributed by atoms with van der Waals surface area (Å²) < 4.78 is 27.4. The second-order valence-electron chi connectivity index (χ2n) is 5.52. The fourth-order valence-corrected chi connectivity index (χ4v) is 3.79. The molecular weight excluding hydrogens is 288 g/mol. The normalized spacial score (nSPS) is 15.6. The average Bonchev–Trinajstić information content (AvgIpc) is 3.28. The fraction of sp³-hybridized carbons (Fsp3) is 0.600. The molecule has 0 atom stereocenters. The first-order valence-corrected chi connectivity index (χ1v) is 8.90. The molecule has 0 aliphatic heterocycles. The SMILES string of the molecule is CCN(CCNS(=O)(=O)c1cc(CO)ccc1C)C1CC1. The molecule has 1 saturated carbocycles. The lowest BCUT2D eigenvalue weighted by Crippen LogP contribution is -2.36. The lowest BCUT2D eigenvalue weighted by molar-refractivity contribution is 0.281. The molecule has 21 heavy (non-hydrogen) atoms. The lowest BCUT2D eigenvalue weighted by Gasteiger charge is -2.20. The van der Waals surface area contributed by atoms with Crippen molar-refractivity contribution in [3.8, 4) is 0 Å². The van der Waals surface area contributed by atoms with Crippen molar-refractivity contribution in [3.05, 3.63) is 29.3 Å². The third-order valence-corrected chi connectivity index (χ3v) is 5.49. The number of likely N-dealkylation sites (N-methyl/N-ethyl adjacent to an activating group) is 1. The summed E-state index contributed by atoms with van der Waals surface area (Å²) in [5.74, 6) is 0. The summed E-state index contributed by atoms with van der Waals surface area (Å²) in [4.78, 5) is 2.56. The van der Waals surface area contributed by atoms with Gasteiger partial charge in [0.1, 0.15) is 0 Å². The van der Waals surface area contributed by atoms with Gasteiger partial charge in [-0.1, -0.05) is 19.1 Å². The third kappa shape index (κ3) is 4.26. The standard InChI is InChI=1S/C15H24N2O3S/c1-3-17(14-6-7-14)9-8-16-21(19,20)15-10-13(11-18)5-4-12(15)2/h4-5,10,14,16,18H,3,6-9,11H2,1-2H3. The highest BCUT2D eigenvalue weighted by Gasteiger charge is 2.27. The summed E-state index contributed by atoms with van der Waals surface area (Å²) in [7, 11) is -3.52. The number of nitrogens with one attached hydrogen (secondary N) is 1. The minimum absolute atomic E-state index is 0.159. The summed E-state index contributed by atoms with van der Waals surface area (Å²) in [6.07, 6.45) is 2.44. The monoisotopic (exact) mass is 312 g/mol. The van der Waals surface area contributed by atoms with Crippen molar-refractivity contribution in [1.29, 1.82) is 0 Å². The highest BCUT2D eigenvalue weighted by atomic mass is 32.2. The van der Waals surface area contributed by atoms with E-state index in [4.69, 9.17) is 5.11 Å². The first-order chi connectivity index (χ1) is 9.97. The maximum atomic E-state index is 12.4. The molecule has 0 heterocycles. The second-order valence-corrected chi connectivity index (χ2v) is 7.25. The van der Waals surface area contributed by atoms with Gasteiger partial charge in [-0.25, -0.2) is 13.1 Å². The molecule has 2 N–H and O–H groups in total. The predicted molar refractivity (Wildman–Crippen MR) is 82.6 cm³/mol. The Hall–Kier alpha value is -0.950. The van der Waals surface area contributed by atoms with Crippen molar-refractivity contribution in [2.75, 3.05) is 19.6 Å². The first kappa shape index (κ1) is 16.4. The molecule has 6 heteroatoms. The first-order valence-electron chi connectivity index (χ1n) is 7.42. The van der Waals surface area contributed by atoms with E-state index in [-0.39, 0.29) is 11.5 Å². The van der Waals surface area contributed by atoms with Crippen molar-refractivity contribution >= 4 is 10.0 Å². The maximum absolute atomic E-state index is 12.4. The van der Waals surface area contributed by atoms with Gasteiger partial charge in [0.15, 0.2) is 0 Å². The van der Waals surface area contributed by atoms with Gasteiger partial charge in [-0.15, -0.1) is 0 Å². The van der Waals surface area contributed by atoms with Crippen LogP contribution in [0.2, 0.25) is 0 Å². The summed E-state index contributed by atoms with van der Waals surface area (Å²) in [6, 6.07) is 5.64. The van der Waals surface area contributed by atoms with E-state index in [1.807, 2.05) is 0 Å². The Morgan fingerprint density at radius 2 is 2.10 bits per heavy atom. The van der Waals surface area contributed by atoms with E-state index in [0.29, 0.717) is 23.7 Å². The van der Waals surface area contributed by atoms with Gasteiger partial charge in [0.25, 0.3) is 0 Å². The zero-order chi connectivity index (χ0) is 15.5. The fourth-order valence-electron chi connectivity index (χ4n) is 2.47. The Morgan fingerprint density at radius 3 is 2.67 bits per heavy atom. The number of aliphatic hydroxyl groups is 1. The molecule has 0 saturated heterocycles. The molecule has 1 aromatic carbocycles. The van der Waals surface area contributed by atoms with E-state index in [9.17, 15) is 8.42 Å². The van der Waals surface area contributed by atoms with Crippen LogP contribution in [-0.4, -0.2) is 44.1 Å². The van der Waals surface area contributed by atoms with Crippen LogP contribution >= 0.6 is 0 Å². The molecule has 1 aliphatic carbocycles. The van der Waals surface area contributed by atoms with E-state index < -0.39 is 10.0 Å². The van der Waals surface area contributed by atoms with Crippen LogP contribution in [0.4, 0.5) is 0 Å². The van der Waals surface area contributed by atoms with Crippen LogP contribution in [0, 0.1) is 6.92 Å². The van der Waals surface area contributed by atoms with Gasteiger partial charge in [0.2, 0.25) is 10.0 Å². The van der Waals surface area contributed by atoms with Crippen molar-refractivity contribution < 1.29 is 13.5 Å². The van der Waals surface area contributed by atoms with E-state index in [1.165, 1.54) is 18.9 Å². The molecule has 0 spiro atoms. The molecular formula is C15H24N2O3S. The van der Waals surface area contributed by atoms with Gasteiger partial charge in [-0.2, -0.15) is 0 Å². The minimum Gasteiger partial charge on any atom is -0.392 e. The summed E-state index contributed by atoms with van der Waals surface area (Å²) in [5, 5.41) is 9.15. The Labute approximate surface area is 127 Å². The van der Waals surface area contributed by atoms with Crippen molar-refractivity contribution in [2.24, 2.45) is 0 Å². The summed E-state index contributed by atoms with van der Waals surface area (Å²) >= 11 is 0. The molecule has 1 aromatic rings. The molecule has 0 aromatic heterocycles. The van der Waals surface area contributed by atoms with Crippen LogP contribution in [0.25, 0.3) is 0 Å². The van der Waals surface area contributed by atoms with Crippen LogP contribution < -0.4 is 4.72 Å². The number of aliphatic hydroxyl groups excluding tert-OH is 1. The Bertz CT molecular complexity index is 583. The number of hydrogen-bond donors (Lipinski definition) is 2. The number of benzene rings is 1. The summed E-state index contributed by atoms with van der Waals surface area (Å²) in [5.41, 5.74) is 1.29. The summed E-state index contributed by atoms with van der Waals surface area (Å²) in [6.45, 7) is 5.80. The van der Waals surface area contributed by atoms with Gasteiger partial charge in [-0.05, 0) is 43.5 Å². The zero-order valence-electron chi connectivity index (χ0n) is 12.7. The van der Waals surface area contributed by atoms with Crippen LogP contribution in [0.3, 0.4) is 0 Å².